The third-order valence-electron chi connectivity index (χ3n) is 3.35. The van der Waals surface area contributed by atoms with Crippen LogP contribution in [0.3, 0.4) is 0 Å². The number of hydrogen-bond acceptors (Lipinski definition) is 3. The minimum atomic E-state index is -0.128. The van der Waals surface area contributed by atoms with Crippen molar-refractivity contribution in [2.45, 2.75) is 12.5 Å². The molecule has 4 N–H and O–H groups in total. The maximum atomic E-state index is 11.5. The Morgan fingerprint density at radius 2 is 2.16 bits per heavy atom. The van der Waals surface area contributed by atoms with Crippen molar-refractivity contribution in [2.75, 3.05) is 19.6 Å². The van der Waals surface area contributed by atoms with E-state index in [1.165, 1.54) is 0 Å². The summed E-state index contributed by atoms with van der Waals surface area (Å²) in [4.78, 5) is 11.5. The summed E-state index contributed by atoms with van der Waals surface area (Å²) in [5.41, 5.74) is 6.41. The van der Waals surface area contributed by atoms with Gasteiger partial charge in [0.05, 0.1) is 16.6 Å². The van der Waals surface area contributed by atoms with Crippen molar-refractivity contribution in [3.05, 3.63) is 33.8 Å². The topological polar surface area (TPSA) is 67.2 Å². The van der Waals surface area contributed by atoms with E-state index in [2.05, 4.69) is 10.6 Å². The van der Waals surface area contributed by atoms with Crippen LogP contribution in [0.4, 0.5) is 0 Å². The number of nitrogens with one attached hydrogen (secondary N) is 2. The monoisotopic (exact) mass is 301 g/mol. The maximum Gasteiger partial charge on any atom is 0.233 e. The van der Waals surface area contributed by atoms with E-state index >= 15 is 0 Å². The Kier molecular flexibility index (Phi) is 5.05. The van der Waals surface area contributed by atoms with Gasteiger partial charge in [0.25, 0.3) is 0 Å². The summed E-state index contributed by atoms with van der Waals surface area (Å²) in [6, 6.07) is 5.63. The Morgan fingerprint density at radius 3 is 2.68 bits per heavy atom. The zero-order chi connectivity index (χ0) is 13.8. The highest BCUT2D eigenvalue weighted by Crippen LogP contribution is 2.24. The number of hydrogen-bond donors (Lipinski definition) is 3. The van der Waals surface area contributed by atoms with Gasteiger partial charge in [0.2, 0.25) is 5.91 Å². The molecule has 0 radical (unpaired) electrons. The van der Waals surface area contributed by atoms with Crippen LogP contribution >= 0.6 is 23.2 Å². The van der Waals surface area contributed by atoms with E-state index in [9.17, 15) is 4.79 Å². The van der Waals surface area contributed by atoms with Crippen LogP contribution in [0.1, 0.15) is 5.56 Å². The molecule has 1 heterocycles. The van der Waals surface area contributed by atoms with E-state index in [0.717, 1.165) is 25.1 Å². The van der Waals surface area contributed by atoms with Crippen molar-refractivity contribution in [1.29, 1.82) is 0 Å². The van der Waals surface area contributed by atoms with Crippen molar-refractivity contribution >= 4 is 29.1 Å². The van der Waals surface area contributed by atoms with Crippen molar-refractivity contribution in [1.82, 2.24) is 10.6 Å². The molecular weight excluding hydrogens is 285 g/mol. The standard InChI is InChI=1S/C13H17Cl2N3O/c14-10-2-1-8(3-11(10)15)4-12(9-6-17-7-9)18-13(19)5-16/h1-3,9,12,17H,4-7,16H2,(H,18,19). The fourth-order valence-corrected chi connectivity index (χ4v) is 2.44. The van der Waals surface area contributed by atoms with Gasteiger partial charge in [-0.15, -0.1) is 0 Å². The van der Waals surface area contributed by atoms with E-state index in [0.29, 0.717) is 16.0 Å². The summed E-state index contributed by atoms with van der Waals surface area (Å²) in [6.45, 7) is 1.84. The van der Waals surface area contributed by atoms with Gasteiger partial charge in [-0.1, -0.05) is 29.3 Å². The van der Waals surface area contributed by atoms with E-state index in [4.69, 9.17) is 28.9 Å². The zero-order valence-electron chi connectivity index (χ0n) is 10.5. The van der Waals surface area contributed by atoms with Crippen LogP contribution in [0.15, 0.2) is 18.2 Å². The number of carbonyl (C=O) groups excluding carboxylic acids is 1. The highest BCUT2D eigenvalue weighted by Gasteiger charge is 2.28. The number of benzene rings is 1. The first-order valence-corrected chi connectivity index (χ1v) is 7.00. The molecular formula is C13H17Cl2N3O. The lowest BCUT2D eigenvalue weighted by Crippen LogP contribution is -2.56. The van der Waals surface area contributed by atoms with Crippen LogP contribution in [-0.4, -0.2) is 31.6 Å². The second-order valence-electron chi connectivity index (χ2n) is 4.75. The number of halogens is 2. The quantitative estimate of drug-likeness (QED) is 0.765. The lowest BCUT2D eigenvalue weighted by Gasteiger charge is -2.35. The zero-order valence-corrected chi connectivity index (χ0v) is 12.0. The fraction of sp³-hybridized carbons (Fsp3) is 0.462. The Balaban J connectivity index is 2.05. The summed E-state index contributed by atoms with van der Waals surface area (Å²) < 4.78 is 0. The predicted octanol–water partition coefficient (Wildman–Crippen LogP) is 1.20. The molecule has 1 unspecified atom stereocenters. The third-order valence-corrected chi connectivity index (χ3v) is 4.09. The molecule has 1 aliphatic rings. The summed E-state index contributed by atoms with van der Waals surface area (Å²) in [7, 11) is 0. The summed E-state index contributed by atoms with van der Waals surface area (Å²) in [6.07, 6.45) is 0.731. The number of carbonyl (C=O) groups is 1. The van der Waals surface area contributed by atoms with Crippen LogP contribution in [0, 0.1) is 5.92 Å². The van der Waals surface area contributed by atoms with Gasteiger partial charge in [-0.25, -0.2) is 0 Å². The van der Waals surface area contributed by atoms with E-state index in [-0.39, 0.29) is 18.5 Å². The summed E-state index contributed by atoms with van der Waals surface area (Å²) in [5, 5.41) is 7.26. The van der Waals surface area contributed by atoms with Crippen molar-refractivity contribution in [3.63, 3.8) is 0 Å². The molecule has 1 aromatic rings. The Hall–Kier alpha value is -0.810. The molecule has 0 spiro atoms. The van der Waals surface area contributed by atoms with Gasteiger partial charge < -0.3 is 16.4 Å². The molecule has 1 saturated heterocycles. The molecule has 1 amide bonds. The minimum Gasteiger partial charge on any atom is -0.352 e. The molecule has 1 atom stereocenters. The van der Waals surface area contributed by atoms with Gasteiger partial charge in [-0.05, 0) is 24.1 Å². The first kappa shape index (κ1) is 14.6. The predicted molar refractivity (Wildman–Crippen MR) is 77.5 cm³/mol. The maximum absolute atomic E-state index is 11.5. The highest BCUT2D eigenvalue weighted by atomic mass is 35.5. The van der Waals surface area contributed by atoms with Crippen LogP contribution < -0.4 is 16.4 Å². The van der Waals surface area contributed by atoms with Crippen LogP contribution in [0.5, 0.6) is 0 Å². The van der Waals surface area contributed by atoms with E-state index in [1.807, 2.05) is 12.1 Å². The first-order chi connectivity index (χ1) is 9.10. The molecule has 0 aliphatic carbocycles. The van der Waals surface area contributed by atoms with Gasteiger partial charge >= 0.3 is 0 Å². The molecule has 6 heteroatoms. The molecule has 1 fully saturated rings. The summed E-state index contributed by atoms with van der Waals surface area (Å²) in [5.74, 6) is 0.307. The molecule has 2 rings (SSSR count). The second kappa shape index (κ2) is 6.57. The minimum absolute atomic E-state index is 0.0119. The molecule has 1 aromatic carbocycles. The van der Waals surface area contributed by atoms with E-state index < -0.39 is 0 Å². The number of rotatable bonds is 5. The molecule has 1 aliphatic heterocycles. The van der Waals surface area contributed by atoms with Gasteiger partial charge in [0.1, 0.15) is 0 Å². The van der Waals surface area contributed by atoms with Gasteiger partial charge in [-0.3, -0.25) is 4.79 Å². The smallest absolute Gasteiger partial charge is 0.233 e. The molecule has 0 aromatic heterocycles. The summed E-state index contributed by atoms with van der Waals surface area (Å²) >= 11 is 11.9. The SMILES string of the molecule is NCC(=O)NC(Cc1ccc(Cl)c(Cl)c1)C1CNC1. The molecule has 104 valence electrons. The average molecular weight is 302 g/mol. The normalized spacial score (nSPS) is 16.8. The Morgan fingerprint density at radius 1 is 1.42 bits per heavy atom. The first-order valence-electron chi connectivity index (χ1n) is 6.24. The van der Waals surface area contributed by atoms with Crippen molar-refractivity contribution < 1.29 is 4.79 Å². The second-order valence-corrected chi connectivity index (χ2v) is 5.56. The van der Waals surface area contributed by atoms with Crippen molar-refractivity contribution in [2.24, 2.45) is 11.7 Å². The largest absolute Gasteiger partial charge is 0.352 e. The number of nitrogens with two attached hydrogens (primary N) is 1. The van der Waals surface area contributed by atoms with E-state index in [1.54, 1.807) is 6.07 Å². The van der Waals surface area contributed by atoms with Crippen LogP contribution in [0.25, 0.3) is 0 Å². The van der Waals surface area contributed by atoms with Gasteiger partial charge in [-0.2, -0.15) is 0 Å². The lowest BCUT2D eigenvalue weighted by molar-refractivity contribution is -0.120. The fourth-order valence-electron chi connectivity index (χ4n) is 2.12. The lowest BCUT2D eigenvalue weighted by atomic mass is 9.89. The van der Waals surface area contributed by atoms with Crippen LogP contribution in [-0.2, 0) is 11.2 Å². The van der Waals surface area contributed by atoms with Crippen molar-refractivity contribution in [3.8, 4) is 0 Å². The van der Waals surface area contributed by atoms with Gasteiger partial charge in [0.15, 0.2) is 0 Å². The average Bonchev–Trinajstić information content (AvgIpc) is 2.31. The Labute approximate surface area is 122 Å². The number of amides is 1. The molecule has 4 nitrogen and oxygen atoms in total. The van der Waals surface area contributed by atoms with Gasteiger partial charge in [0, 0.05) is 25.0 Å². The molecule has 0 saturated carbocycles. The third kappa shape index (κ3) is 3.83. The highest BCUT2D eigenvalue weighted by molar-refractivity contribution is 6.42. The molecule has 0 bridgehead atoms. The van der Waals surface area contributed by atoms with Crippen LogP contribution in [0.2, 0.25) is 10.0 Å². The molecule has 19 heavy (non-hydrogen) atoms. The Bertz CT molecular complexity index is 463.